The maximum Gasteiger partial charge on any atom is 0.258 e. The number of piperazine rings is 1. The molecule has 1 aliphatic heterocycles. The number of nitrogens with one attached hydrogen (secondary N) is 1. The quantitative estimate of drug-likeness (QED) is 0.210. The van der Waals surface area contributed by atoms with Crippen molar-refractivity contribution < 1.29 is 13.9 Å². The van der Waals surface area contributed by atoms with Crippen molar-refractivity contribution in [1.82, 2.24) is 20.4 Å². The van der Waals surface area contributed by atoms with Gasteiger partial charge in [0.05, 0.1) is 6.54 Å². The zero-order valence-corrected chi connectivity index (χ0v) is 25.3. The largest absolute Gasteiger partial charge is 0.483 e. The molecule has 3 aromatic carbocycles. The van der Waals surface area contributed by atoms with Crippen LogP contribution in [0, 0.1) is 13.8 Å². The molecule has 1 amide bonds. The van der Waals surface area contributed by atoms with Crippen molar-refractivity contribution in [3.8, 4) is 27.6 Å². The van der Waals surface area contributed by atoms with Gasteiger partial charge in [-0.05, 0) is 78.4 Å². The van der Waals surface area contributed by atoms with Crippen molar-refractivity contribution in [1.29, 1.82) is 0 Å². The second kappa shape index (κ2) is 13.2. The van der Waals surface area contributed by atoms with Gasteiger partial charge >= 0.3 is 0 Å². The van der Waals surface area contributed by atoms with E-state index in [0.717, 1.165) is 55.2 Å². The van der Waals surface area contributed by atoms with Gasteiger partial charge in [-0.25, -0.2) is 0 Å². The van der Waals surface area contributed by atoms with Crippen LogP contribution in [0.15, 0.2) is 88.7 Å². The monoisotopic (exact) mass is 593 g/mol. The fourth-order valence-electron chi connectivity index (χ4n) is 5.30. The molecule has 9 heteroatoms. The summed E-state index contributed by atoms with van der Waals surface area (Å²) in [7, 11) is 0. The number of aryl methyl sites for hydroxylation is 1. The van der Waals surface area contributed by atoms with E-state index in [2.05, 4.69) is 87.0 Å². The van der Waals surface area contributed by atoms with Crippen LogP contribution in [0.3, 0.4) is 0 Å². The Morgan fingerprint density at radius 2 is 1.77 bits per heavy atom. The number of anilines is 1. The molecular formula is C34H35N5O3S. The zero-order chi connectivity index (χ0) is 29.6. The molecule has 3 heterocycles. The third kappa shape index (κ3) is 6.96. The number of hydrogen-bond acceptors (Lipinski definition) is 8. The molecule has 0 bridgehead atoms. The van der Waals surface area contributed by atoms with Gasteiger partial charge in [-0.2, -0.15) is 0 Å². The highest BCUT2D eigenvalue weighted by atomic mass is 32.1. The smallest absolute Gasteiger partial charge is 0.258 e. The second-order valence-electron chi connectivity index (χ2n) is 10.7. The topological polar surface area (TPSA) is 83.7 Å². The lowest BCUT2D eigenvalue weighted by molar-refractivity contribution is -0.123. The fourth-order valence-corrected chi connectivity index (χ4v) is 6.02. The molecule has 0 saturated carbocycles. The summed E-state index contributed by atoms with van der Waals surface area (Å²) < 4.78 is 11.8. The zero-order valence-electron chi connectivity index (χ0n) is 24.5. The minimum Gasteiger partial charge on any atom is -0.483 e. The third-order valence-corrected chi connectivity index (χ3v) is 8.75. The number of rotatable bonds is 10. The summed E-state index contributed by atoms with van der Waals surface area (Å²) in [5, 5.41) is 13.0. The molecule has 0 unspecified atom stereocenters. The van der Waals surface area contributed by atoms with E-state index in [4.69, 9.17) is 9.15 Å². The molecule has 1 N–H and O–H groups in total. The van der Waals surface area contributed by atoms with Gasteiger partial charge in [-0.3, -0.25) is 9.69 Å². The Morgan fingerprint density at radius 3 is 2.56 bits per heavy atom. The first kappa shape index (κ1) is 28.6. The van der Waals surface area contributed by atoms with Crippen LogP contribution in [0.5, 0.6) is 5.75 Å². The molecule has 0 radical (unpaired) electrons. The number of hydrogen-bond donors (Lipinski definition) is 1. The Labute approximate surface area is 255 Å². The summed E-state index contributed by atoms with van der Waals surface area (Å²) in [5.74, 6) is 1.23. The van der Waals surface area contributed by atoms with Crippen LogP contribution in [0.1, 0.15) is 22.6 Å². The van der Waals surface area contributed by atoms with Gasteiger partial charge in [0, 0.05) is 54.4 Å². The Morgan fingerprint density at radius 1 is 0.930 bits per heavy atom. The predicted molar refractivity (Wildman–Crippen MR) is 170 cm³/mol. The molecule has 0 atom stereocenters. The lowest BCUT2D eigenvalue weighted by atomic mass is 10.1. The van der Waals surface area contributed by atoms with Gasteiger partial charge in [-0.15, -0.1) is 21.5 Å². The van der Waals surface area contributed by atoms with Crippen molar-refractivity contribution in [3.63, 3.8) is 0 Å². The maximum absolute atomic E-state index is 12.7. The van der Waals surface area contributed by atoms with Crippen molar-refractivity contribution >= 4 is 22.9 Å². The Kier molecular flexibility index (Phi) is 8.81. The molecule has 2 aromatic heterocycles. The molecule has 43 heavy (non-hydrogen) atoms. The van der Waals surface area contributed by atoms with E-state index in [1.165, 1.54) is 21.7 Å². The molecule has 8 nitrogen and oxygen atoms in total. The number of ether oxygens (including phenoxy) is 1. The predicted octanol–water partition coefficient (Wildman–Crippen LogP) is 6.10. The first-order valence-electron chi connectivity index (χ1n) is 14.5. The van der Waals surface area contributed by atoms with Crippen LogP contribution in [0.2, 0.25) is 0 Å². The summed E-state index contributed by atoms with van der Waals surface area (Å²) in [6.45, 7) is 8.99. The van der Waals surface area contributed by atoms with Crippen LogP contribution in [0.25, 0.3) is 21.9 Å². The van der Waals surface area contributed by atoms with E-state index in [-0.39, 0.29) is 19.1 Å². The number of aromatic nitrogens is 2. The highest BCUT2D eigenvalue weighted by Crippen LogP contribution is 2.31. The van der Waals surface area contributed by atoms with E-state index in [1.807, 2.05) is 36.4 Å². The fraction of sp³-hybridized carbons (Fsp3) is 0.265. The average molecular weight is 594 g/mol. The van der Waals surface area contributed by atoms with Crippen molar-refractivity contribution in [3.05, 3.63) is 107 Å². The molecule has 220 valence electrons. The third-order valence-electron chi connectivity index (χ3n) is 7.83. The number of benzene rings is 3. The summed E-state index contributed by atoms with van der Waals surface area (Å²) in [4.78, 5) is 18.9. The number of thiophene rings is 1. The minimum atomic E-state index is -0.255. The van der Waals surface area contributed by atoms with E-state index in [9.17, 15) is 4.79 Å². The highest BCUT2D eigenvalue weighted by Gasteiger charge is 2.21. The lowest BCUT2D eigenvalue weighted by Gasteiger charge is -2.37. The molecule has 1 aliphatic rings. The number of carbonyl (C=O) groups excluding carboxylic acids is 1. The molecular weight excluding hydrogens is 558 g/mol. The van der Waals surface area contributed by atoms with Crippen LogP contribution in [-0.4, -0.2) is 53.8 Å². The number of nitrogens with zero attached hydrogens (tertiary/aromatic N) is 4. The highest BCUT2D eigenvalue weighted by molar-refractivity contribution is 7.13. The van der Waals surface area contributed by atoms with E-state index >= 15 is 0 Å². The van der Waals surface area contributed by atoms with Crippen LogP contribution >= 0.6 is 11.3 Å². The molecule has 0 aliphatic carbocycles. The average Bonchev–Trinajstić information content (AvgIpc) is 3.75. The van der Waals surface area contributed by atoms with Crippen molar-refractivity contribution in [2.24, 2.45) is 0 Å². The maximum atomic E-state index is 12.7. The minimum absolute atomic E-state index is 0.106. The summed E-state index contributed by atoms with van der Waals surface area (Å²) in [6, 6.07) is 26.5. The second-order valence-corrected chi connectivity index (χ2v) is 11.7. The van der Waals surface area contributed by atoms with Gasteiger partial charge in [0.15, 0.2) is 6.61 Å². The SMILES string of the molecule is Cc1cccc(N2CCN(Cc3cc(-c4cccs4)ccc3OCC(=O)NCc3nnc(-c4ccccc4)o3)CC2)c1C. The number of amides is 1. The summed E-state index contributed by atoms with van der Waals surface area (Å²) in [6.07, 6.45) is 0. The van der Waals surface area contributed by atoms with Gasteiger partial charge in [-0.1, -0.05) is 36.4 Å². The van der Waals surface area contributed by atoms with Gasteiger partial charge in [0.25, 0.3) is 5.91 Å². The normalized spacial score (nSPS) is 13.7. The molecule has 0 spiro atoms. The van der Waals surface area contributed by atoms with Gasteiger partial charge < -0.3 is 19.4 Å². The lowest BCUT2D eigenvalue weighted by Crippen LogP contribution is -2.46. The molecule has 5 aromatic rings. The Bertz CT molecular complexity index is 1660. The van der Waals surface area contributed by atoms with Crippen molar-refractivity contribution in [2.45, 2.75) is 26.9 Å². The standard InChI is InChI=1S/C34H35N5O3S/c1-24-8-6-11-29(25(24)2)39-17-15-38(16-18-39)22-28-20-27(31-12-7-19-43-31)13-14-30(28)41-23-32(40)35-21-33-36-37-34(42-33)26-9-4-3-5-10-26/h3-14,19-20H,15-18,21-23H2,1-2H3,(H,35,40). The molecule has 1 saturated heterocycles. The molecule has 6 rings (SSSR count). The molecule has 1 fully saturated rings. The van der Waals surface area contributed by atoms with Crippen LogP contribution < -0.4 is 15.0 Å². The first-order chi connectivity index (χ1) is 21.0. The van der Waals surface area contributed by atoms with Crippen molar-refractivity contribution in [2.75, 3.05) is 37.7 Å². The van der Waals surface area contributed by atoms with E-state index < -0.39 is 0 Å². The Hall–Kier alpha value is -4.47. The Balaban J connectivity index is 1.08. The first-order valence-corrected chi connectivity index (χ1v) is 15.4. The van der Waals surface area contributed by atoms with Gasteiger partial charge in [0.1, 0.15) is 5.75 Å². The van der Waals surface area contributed by atoms with E-state index in [0.29, 0.717) is 11.8 Å². The van der Waals surface area contributed by atoms with Gasteiger partial charge in [0.2, 0.25) is 11.8 Å². The van der Waals surface area contributed by atoms with Crippen LogP contribution in [-0.2, 0) is 17.9 Å². The summed E-state index contributed by atoms with van der Waals surface area (Å²) in [5.41, 5.74) is 7.06. The van der Waals surface area contributed by atoms with E-state index in [1.54, 1.807) is 11.3 Å². The number of carbonyl (C=O) groups is 1. The van der Waals surface area contributed by atoms with Crippen LogP contribution in [0.4, 0.5) is 5.69 Å². The summed E-state index contributed by atoms with van der Waals surface area (Å²) >= 11 is 1.71.